The Morgan fingerprint density at radius 2 is 0.905 bits per heavy atom. The molecular formula is C21H43. The summed E-state index contributed by atoms with van der Waals surface area (Å²) in [6.07, 6.45) is 24.2. The topological polar surface area (TPSA) is 0 Å². The normalized spacial score (nSPS) is 11.4. The molecule has 0 rings (SSSR count). The lowest BCUT2D eigenvalue weighted by atomic mass is 9.90. The molecule has 0 unspecified atom stereocenters. The van der Waals surface area contributed by atoms with Gasteiger partial charge in [-0.15, -0.1) is 0 Å². The smallest absolute Gasteiger partial charge is 0.0414 e. The Morgan fingerprint density at radius 1 is 0.524 bits per heavy atom. The lowest BCUT2D eigenvalue weighted by Gasteiger charge is -2.16. The number of hydrogen-bond acceptors (Lipinski definition) is 0. The van der Waals surface area contributed by atoms with Crippen LogP contribution in [0.15, 0.2) is 0 Å². The van der Waals surface area contributed by atoms with Gasteiger partial charge in [-0.1, -0.05) is 130 Å². The van der Waals surface area contributed by atoms with E-state index in [0.29, 0.717) is 0 Å². The molecule has 0 N–H and O–H groups in total. The highest BCUT2D eigenvalue weighted by Crippen LogP contribution is 2.23. The molecule has 1 radical (unpaired) electrons. The van der Waals surface area contributed by atoms with Gasteiger partial charge in [0.2, 0.25) is 0 Å². The van der Waals surface area contributed by atoms with Gasteiger partial charge in [-0.3, -0.25) is 0 Å². The Morgan fingerprint density at radius 3 is 1.33 bits per heavy atom. The molecule has 0 fully saturated rings. The van der Waals surface area contributed by atoms with Crippen LogP contribution in [-0.2, 0) is 0 Å². The minimum atomic E-state index is 1.00. The van der Waals surface area contributed by atoms with E-state index < -0.39 is 0 Å². The minimum absolute atomic E-state index is 1.00. The molecule has 0 heteroatoms. The third kappa shape index (κ3) is 16.2. The number of hydrogen-bond donors (Lipinski definition) is 0. The first-order valence-electron chi connectivity index (χ1n) is 10.1. The second-order valence-corrected chi connectivity index (χ2v) is 6.97. The second-order valence-electron chi connectivity index (χ2n) is 6.97. The van der Waals surface area contributed by atoms with Gasteiger partial charge in [-0.25, -0.2) is 0 Å². The third-order valence-corrected chi connectivity index (χ3v) is 4.79. The van der Waals surface area contributed by atoms with Crippen LogP contribution in [0, 0.1) is 12.8 Å². The minimum Gasteiger partial charge on any atom is -0.0654 e. The maximum absolute atomic E-state index is 4.02. The van der Waals surface area contributed by atoms with Crippen LogP contribution in [-0.4, -0.2) is 0 Å². The van der Waals surface area contributed by atoms with E-state index in [1.54, 1.807) is 0 Å². The molecule has 0 aromatic rings. The first-order valence-corrected chi connectivity index (χ1v) is 10.1. The fourth-order valence-corrected chi connectivity index (χ4v) is 3.29. The van der Waals surface area contributed by atoms with Crippen molar-refractivity contribution in [3.05, 3.63) is 6.92 Å². The zero-order chi connectivity index (χ0) is 15.6. The third-order valence-electron chi connectivity index (χ3n) is 4.79. The molecule has 0 aliphatic heterocycles. The van der Waals surface area contributed by atoms with Crippen LogP contribution >= 0.6 is 0 Å². The monoisotopic (exact) mass is 295 g/mol. The lowest BCUT2D eigenvalue weighted by molar-refractivity contribution is 0.373. The molecule has 0 aliphatic carbocycles. The molecule has 127 valence electrons. The predicted octanol–water partition coefficient (Wildman–Crippen LogP) is 8.11. The summed E-state index contributed by atoms with van der Waals surface area (Å²) >= 11 is 0. The standard InChI is InChI=1S/C21H43/c1-4-7-10-12-14-16-19-21(18-9-6-3)20-17-15-13-11-8-5-2/h21H,3-20H2,1-2H3. The van der Waals surface area contributed by atoms with Crippen molar-refractivity contribution in [2.45, 2.75) is 123 Å². The van der Waals surface area contributed by atoms with Crippen LogP contribution in [0.4, 0.5) is 0 Å². The van der Waals surface area contributed by atoms with E-state index in [1.165, 1.54) is 103 Å². The van der Waals surface area contributed by atoms with Gasteiger partial charge in [-0.05, 0) is 5.92 Å². The van der Waals surface area contributed by atoms with Gasteiger partial charge in [0.1, 0.15) is 0 Å². The first kappa shape index (κ1) is 21.0. The summed E-state index contributed by atoms with van der Waals surface area (Å²) in [6.45, 7) is 8.62. The van der Waals surface area contributed by atoms with E-state index in [4.69, 9.17) is 0 Å². The van der Waals surface area contributed by atoms with Crippen molar-refractivity contribution < 1.29 is 0 Å². The molecule has 0 saturated heterocycles. The molecule has 21 heavy (non-hydrogen) atoms. The summed E-state index contributed by atoms with van der Waals surface area (Å²) in [5.41, 5.74) is 0. The van der Waals surface area contributed by atoms with Crippen molar-refractivity contribution in [3.8, 4) is 0 Å². The van der Waals surface area contributed by atoms with Crippen LogP contribution in [0.1, 0.15) is 123 Å². The zero-order valence-electron chi connectivity index (χ0n) is 15.3. The Labute approximate surface area is 136 Å². The Hall–Kier alpha value is 0. The highest BCUT2D eigenvalue weighted by molar-refractivity contribution is 4.62. The summed E-state index contributed by atoms with van der Waals surface area (Å²) in [5, 5.41) is 0. The summed E-state index contributed by atoms with van der Waals surface area (Å²) in [7, 11) is 0. The molecular weight excluding hydrogens is 252 g/mol. The van der Waals surface area contributed by atoms with Gasteiger partial charge in [-0.2, -0.15) is 0 Å². The Balaban J connectivity index is 3.56. The van der Waals surface area contributed by atoms with Gasteiger partial charge < -0.3 is 0 Å². The average Bonchev–Trinajstić information content (AvgIpc) is 2.50. The van der Waals surface area contributed by atoms with Crippen LogP contribution in [0.3, 0.4) is 0 Å². The largest absolute Gasteiger partial charge is 0.0654 e. The molecule has 0 amide bonds. The lowest BCUT2D eigenvalue weighted by Crippen LogP contribution is -2.01. The van der Waals surface area contributed by atoms with Gasteiger partial charge >= 0.3 is 0 Å². The molecule has 0 heterocycles. The highest BCUT2D eigenvalue weighted by atomic mass is 14.1. The first-order chi connectivity index (χ1) is 10.3. The quantitative estimate of drug-likeness (QED) is 0.238. The summed E-state index contributed by atoms with van der Waals surface area (Å²) < 4.78 is 0. The van der Waals surface area contributed by atoms with Crippen molar-refractivity contribution in [1.29, 1.82) is 0 Å². The molecule has 0 aliphatic rings. The Kier molecular flexibility index (Phi) is 18.1. The number of unbranched alkanes of at least 4 members (excludes halogenated alkanes) is 11. The van der Waals surface area contributed by atoms with Crippen molar-refractivity contribution in [1.82, 2.24) is 0 Å². The Bertz CT molecular complexity index is 157. The molecule has 0 nitrogen and oxygen atoms in total. The molecule has 0 atom stereocenters. The van der Waals surface area contributed by atoms with Gasteiger partial charge in [0, 0.05) is 0 Å². The molecule has 0 spiro atoms. The summed E-state index contributed by atoms with van der Waals surface area (Å²) in [5.74, 6) is 1.00. The van der Waals surface area contributed by atoms with Crippen LogP contribution in [0.5, 0.6) is 0 Å². The van der Waals surface area contributed by atoms with Gasteiger partial charge in [0.25, 0.3) is 0 Å². The van der Waals surface area contributed by atoms with Crippen LogP contribution in [0.2, 0.25) is 0 Å². The van der Waals surface area contributed by atoms with E-state index in [0.717, 1.165) is 12.3 Å². The predicted molar refractivity (Wildman–Crippen MR) is 98.7 cm³/mol. The van der Waals surface area contributed by atoms with Crippen molar-refractivity contribution in [2.75, 3.05) is 0 Å². The maximum Gasteiger partial charge on any atom is -0.0414 e. The van der Waals surface area contributed by atoms with Crippen molar-refractivity contribution in [2.24, 2.45) is 5.92 Å². The molecule has 0 bridgehead atoms. The van der Waals surface area contributed by atoms with Gasteiger partial charge in [0.05, 0.1) is 0 Å². The fraction of sp³-hybridized carbons (Fsp3) is 0.952. The van der Waals surface area contributed by atoms with Crippen molar-refractivity contribution in [3.63, 3.8) is 0 Å². The van der Waals surface area contributed by atoms with Crippen LogP contribution < -0.4 is 0 Å². The van der Waals surface area contributed by atoms with Crippen LogP contribution in [0.25, 0.3) is 0 Å². The summed E-state index contributed by atoms with van der Waals surface area (Å²) in [4.78, 5) is 0. The number of rotatable bonds is 17. The van der Waals surface area contributed by atoms with E-state index in [9.17, 15) is 0 Å². The van der Waals surface area contributed by atoms with E-state index in [-0.39, 0.29) is 0 Å². The van der Waals surface area contributed by atoms with Crippen molar-refractivity contribution >= 4 is 0 Å². The average molecular weight is 296 g/mol. The SMILES string of the molecule is [CH2]CCCC(CCCCCCCC)CCCCCCCC. The summed E-state index contributed by atoms with van der Waals surface area (Å²) in [6, 6.07) is 0. The second kappa shape index (κ2) is 18.1. The van der Waals surface area contributed by atoms with E-state index in [2.05, 4.69) is 20.8 Å². The van der Waals surface area contributed by atoms with Gasteiger partial charge in [0.15, 0.2) is 0 Å². The maximum atomic E-state index is 4.02. The molecule has 0 aromatic carbocycles. The van der Waals surface area contributed by atoms with E-state index in [1.807, 2.05) is 0 Å². The zero-order valence-corrected chi connectivity index (χ0v) is 15.3. The fourth-order valence-electron chi connectivity index (χ4n) is 3.29. The molecule has 0 saturated carbocycles. The molecule has 0 aromatic heterocycles. The van der Waals surface area contributed by atoms with E-state index >= 15 is 0 Å². The highest BCUT2D eigenvalue weighted by Gasteiger charge is 2.08.